The number of hydrogen-bond acceptors (Lipinski definition) is 2. The van der Waals surface area contributed by atoms with Crippen LogP contribution in [0.3, 0.4) is 0 Å². The fourth-order valence-corrected chi connectivity index (χ4v) is 1.37. The summed E-state index contributed by atoms with van der Waals surface area (Å²) in [5.74, 6) is 0.207. The minimum absolute atomic E-state index is 0.316. The molecule has 0 amide bonds. The third kappa shape index (κ3) is 2.10. The van der Waals surface area contributed by atoms with Crippen LogP contribution in [0, 0.1) is 5.82 Å². The first-order chi connectivity index (χ1) is 7.16. The lowest BCUT2D eigenvalue weighted by Gasteiger charge is -2.07. The van der Waals surface area contributed by atoms with Gasteiger partial charge in [-0.05, 0) is 18.2 Å². The maximum atomic E-state index is 13.3. The molecule has 5 heteroatoms. The maximum Gasteiger partial charge on any atom is 0.207 e. The number of aryl methyl sites for hydroxylation is 1. The second-order valence-electron chi connectivity index (χ2n) is 3.11. The summed E-state index contributed by atoms with van der Waals surface area (Å²) in [7, 11) is 1.82. The summed E-state index contributed by atoms with van der Waals surface area (Å²) in [6.45, 7) is 0. The van der Waals surface area contributed by atoms with Crippen molar-refractivity contribution in [1.82, 2.24) is 9.55 Å². The van der Waals surface area contributed by atoms with Crippen LogP contribution in [0.15, 0.2) is 30.6 Å². The molecule has 0 saturated heterocycles. The molecule has 0 aliphatic heterocycles. The molecule has 0 unspecified atom stereocenters. The van der Waals surface area contributed by atoms with E-state index >= 15 is 0 Å². The molecule has 0 saturated carbocycles. The SMILES string of the molecule is Cn1ccnc1Nc1cc(Cl)ccc1F. The van der Waals surface area contributed by atoms with Gasteiger partial charge in [0.05, 0.1) is 5.69 Å². The van der Waals surface area contributed by atoms with Gasteiger partial charge in [-0.1, -0.05) is 11.6 Å². The van der Waals surface area contributed by atoms with Crippen molar-refractivity contribution in [2.75, 3.05) is 5.32 Å². The molecule has 1 aromatic heterocycles. The Morgan fingerprint density at radius 1 is 1.47 bits per heavy atom. The van der Waals surface area contributed by atoms with Crippen LogP contribution in [0.25, 0.3) is 0 Å². The van der Waals surface area contributed by atoms with Crippen molar-refractivity contribution in [2.45, 2.75) is 0 Å². The van der Waals surface area contributed by atoms with Gasteiger partial charge in [0.25, 0.3) is 0 Å². The molecule has 15 heavy (non-hydrogen) atoms. The van der Waals surface area contributed by atoms with Crippen LogP contribution in [0.1, 0.15) is 0 Å². The topological polar surface area (TPSA) is 29.9 Å². The number of halogens is 2. The number of rotatable bonds is 2. The Labute approximate surface area is 91.5 Å². The number of imidazole rings is 1. The highest BCUT2D eigenvalue weighted by Gasteiger charge is 2.05. The molecule has 0 atom stereocenters. The van der Waals surface area contributed by atoms with E-state index in [1.54, 1.807) is 17.0 Å². The van der Waals surface area contributed by atoms with Gasteiger partial charge in [0, 0.05) is 24.5 Å². The summed E-state index contributed by atoms with van der Waals surface area (Å²) >= 11 is 5.76. The van der Waals surface area contributed by atoms with Gasteiger partial charge in [-0.2, -0.15) is 0 Å². The Morgan fingerprint density at radius 3 is 2.93 bits per heavy atom. The van der Waals surface area contributed by atoms with Gasteiger partial charge >= 0.3 is 0 Å². The summed E-state index contributed by atoms with van der Waals surface area (Å²) < 4.78 is 15.1. The fourth-order valence-electron chi connectivity index (χ4n) is 1.20. The highest BCUT2D eigenvalue weighted by atomic mass is 35.5. The van der Waals surface area contributed by atoms with Crippen molar-refractivity contribution in [1.29, 1.82) is 0 Å². The van der Waals surface area contributed by atoms with Crippen LogP contribution in [0.5, 0.6) is 0 Å². The Balaban J connectivity index is 2.32. The van der Waals surface area contributed by atoms with Gasteiger partial charge in [0.1, 0.15) is 5.82 Å². The van der Waals surface area contributed by atoms with Gasteiger partial charge in [-0.15, -0.1) is 0 Å². The zero-order valence-electron chi connectivity index (χ0n) is 8.04. The number of hydrogen-bond donors (Lipinski definition) is 1. The lowest BCUT2D eigenvalue weighted by atomic mass is 10.3. The molecule has 0 spiro atoms. The fraction of sp³-hybridized carbons (Fsp3) is 0.100. The molecular weight excluding hydrogens is 217 g/mol. The number of nitrogens with zero attached hydrogens (tertiary/aromatic N) is 2. The van der Waals surface area contributed by atoms with Crippen LogP contribution >= 0.6 is 11.6 Å². The molecule has 0 bridgehead atoms. The van der Waals surface area contributed by atoms with Crippen molar-refractivity contribution in [2.24, 2.45) is 7.05 Å². The van der Waals surface area contributed by atoms with Gasteiger partial charge in [-0.3, -0.25) is 0 Å². The van der Waals surface area contributed by atoms with Crippen molar-refractivity contribution < 1.29 is 4.39 Å². The largest absolute Gasteiger partial charge is 0.323 e. The predicted octanol–water partition coefficient (Wildman–Crippen LogP) is 2.96. The number of benzene rings is 1. The summed E-state index contributed by atoms with van der Waals surface area (Å²) in [4.78, 5) is 4.02. The molecule has 3 nitrogen and oxygen atoms in total. The Morgan fingerprint density at radius 2 is 2.27 bits per heavy atom. The Hall–Kier alpha value is -1.55. The molecule has 0 radical (unpaired) electrons. The van der Waals surface area contributed by atoms with Crippen molar-refractivity contribution in [3.05, 3.63) is 41.4 Å². The third-order valence-electron chi connectivity index (χ3n) is 2.00. The quantitative estimate of drug-likeness (QED) is 0.852. The zero-order valence-corrected chi connectivity index (χ0v) is 8.79. The third-order valence-corrected chi connectivity index (χ3v) is 2.23. The van der Waals surface area contributed by atoms with E-state index < -0.39 is 0 Å². The highest BCUT2D eigenvalue weighted by molar-refractivity contribution is 6.30. The summed E-state index contributed by atoms with van der Waals surface area (Å²) in [5.41, 5.74) is 0.316. The first-order valence-electron chi connectivity index (χ1n) is 4.36. The molecule has 1 heterocycles. The average molecular weight is 226 g/mol. The molecule has 1 aromatic carbocycles. The highest BCUT2D eigenvalue weighted by Crippen LogP contribution is 2.22. The van der Waals surface area contributed by atoms with Crippen LogP contribution < -0.4 is 5.32 Å². The lowest BCUT2D eigenvalue weighted by Crippen LogP contribution is -2.00. The smallest absolute Gasteiger partial charge is 0.207 e. The monoisotopic (exact) mass is 225 g/mol. The zero-order chi connectivity index (χ0) is 10.8. The van der Waals surface area contributed by atoms with Crippen LogP contribution in [0.4, 0.5) is 16.0 Å². The van der Waals surface area contributed by atoms with Crippen molar-refractivity contribution in [3.8, 4) is 0 Å². The van der Waals surface area contributed by atoms with E-state index in [-0.39, 0.29) is 5.82 Å². The molecular formula is C10H9ClFN3. The van der Waals surface area contributed by atoms with E-state index in [1.165, 1.54) is 18.2 Å². The van der Waals surface area contributed by atoms with Gasteiger partial charge in [0.15, 0.2) is 0 Å². The molecule has 0 fully saturated rings. The van der Waals surface area contributed by atoms with Crippen molar-refractivity contribution in [3.63, 3.8) is 0 Å². The van der Waals surface area contributed by atoms with E-state index in [2.05, 4.69) is 10.3 Å². The molecule has 78 valence electrons. The molecule has 1 N–H and O–H groups in total. The number of aromatic nitrogens is 2. The van der Waals surface area contributed by atoms with Crippen LogP contribution in [-0.4, -0.2) is 9.55 Å². The lowest BCUT2D eigenvalue weighted by molar-refractivity contribution is 0.631. The first kappa shape index (κ1) is 9.98. The van der Waals surface area contributed by atoms with Crippen LogP contribution in [-0.2, 0) is 7.05 Å². The Kier molecular flexibility index (Phi) is 2.60. The first-order valence-corrected chi connectivity index (χ1v) is 4.74. The minimum atomic E-state index is -0.359. The summed E-state index contributed by atoms with van der Waals surface area (Å²) in [6, 6.07) is 4.33. The van der Waals surface area contributed by atoms with E-state index in [9.17, 15) is 4.39 Å². The predicted molar refractivity (Wildman–Crippen MR) is 57.9 cm³/mol. The second-order valence-corrected chi connectivity index (χ2v) is 3.55. The molecule has 2 rings (SSSR count). The molecule has 0 aliphatic carbocycles. The van der Waals surface area contributed by atoms with Gasteiger partial charge in [-0.25, -0.2) is 9.37 Å². The van der Waals surface area contributed by atoms with E-state index in [4.69, 9.17) is 11.6 Å². The summed E-state index contributed by atoms with van der Waals surface area (Å²) in [6.07, 6.45) is 3.40. The van der Waals surface area contributed by atoms with E-state index in [1.807, 2.05) is 7.05 Å². The molecule has 2 aromatic rings. The Bertz CT molecular complexity index is 481. The summed E-state index contributed by atoms with van der Waals surface area (Å²) in [5, 5.41) is 3.33. The number of anilines is 2. The second kappa shape index (κ2) is 3.90. The minimum Gasteiger partial charge on any atom is -0.323 e. The van der Waals surface area contributed by atoms with E-state index in [0.29, 0.717) is 16.7 Å². The number of nitrogens with one attached hydrogen (secondary N) is 1. The van der Waals surface area contributed by atoms with Crippen LogP contribution in [0.2, 0.25) is 5.02 Å². The van der Waals surface area contributed by atoms with Crippen molar-refractivity contribution >= 4 is 23.2 Å². The standard InChI is InChI=1S/C10H9ClFN3/c1-15-5-4-13-10(15)14-9-6-7(11)2-3-8(9)12/h2-6H,1H3,(H,13,14). The van der Waals surface area contributed by atoms with Gasteiger partial charge < -0.3 is 9.88 Å². The van der Waals surface area contributed by atoms with Gasteiger partial charge in [0.2, 0.25) is 5.95 Å². The van der Waals surface area contributed by atoms with E-state index in [0.717, 1.165) is 0 Å². The normalized spacial score (nSPS) is 10.3. The molecule has 0 aliphatic rings. The maximum absolute atomic E-state index is 13.3. The average Bonchev–Trinajstić information content (AvgIpc) is 2.58.